The van der Waals surface area contributed by atoms with Gasteiger partial charge in [0.2, 0.25) is 0 Å². The summed E-state index contributed by atoms with van der Waals surface area (Å²) in [6.45, 7) is 2.30. The molecule has 1 atom stereocenters. The maximum atomic E-state index is 5.60. The van der Waals surface area contributed by atoms with Crippen molar-refractivity contribution in [3.63, 3.8) is 0 Å². The van der Waals surface area contributed by atoms with E-state index >= 15 is 0 Å². The first-order valence-corrected chi connectivity index (χ1v) is 6.79. The molecule has 1 aliphatic heterocycles. The van der Waals surface area contributed by atoms with Crippen LogP contribution in [0.5, 0.6) is 0 Å². The first kappa shape index (κ1) is 12.9. The number of rotatable bonds is 4. The van der Waals surface area contributed by atoms with Crippen LogP contribution in [-0.2, 0) is 11.2 Å². The third-order valence-corrected chi connectivity index (χ3v) is 3.42. The highest BCUT2D eigenvalue weighted by Crippen LogP contribution is 2.19. The third-order valence-electron chi connectivity index (χ3n) is 3.42. The number of hydrogen-bond donors (Lipinski definition) is 0. The lowest BCUT2D eigenvalue weighted by Crippen LogP contribution is -2.46. The second-order valence-electron chi connectivity index (χ2n) is 4.72. The van der Waals surface area contributed by atoms with Crippen LogP contribution in [-0.4, -0.2) is 45.7 Å². The highest BCUT2D eigenvalue weighted by Gasteiger charge is 2.24. The van der Waals surface area contributed by atoms with Gasteiger partial charge in [0.05, 0.1) is 31.1 Å². The summed E-state index contributed by atoms with van der Waals surface area (Å²) in [6, 6.07) is 0.308. The number of aryl methyl sites for hydroxylation is 1. The van der Waals surface area contributed by atoms with Crippen LogP contribution in [0.4, 0.5) is 5.82 Å². The van der Waals surface area contributed by atoms with Gasteiger partial charge in [0.1, 0.15) is 5.82 Å². The van der Waals surface area contributed by atoms with E-state index in [-0.39, 0.29) is 0 Å². The second kappa shape index (κ2) is 6.38. The summed E-state index contributed by atoms with van der Waals surface area (Å²) >= 11 is 0. The third kappa shape index (κ3) is 3.08. The smallest absolute Gasteiger partial charge is 0.147 e. The fraction of sp³-hybridized carbons (Fsp3) is 0.429. The molecule has 3 rings (SSSR count). The van der Waals surface area contributed by atoms with E-state index in [9.17, 15) is 0 Å². The van der Waals surface area contributed by atoms with E-state index < -0.39 is 0 Å². The highest BCUT2D eigenvalue weighted by molar-refractivity contribution is 5.37. The molecule has 6 nitrogen and oxygen atoms in total. The fourth-order valence-corrected chi connectivity index (χ4v) is 2.41. The summed E-state index contributed by atoms with van der Waals surface area (Å²) in [5.74, 6) is 0.917. The molecule has 0 bridgehead atoms. The highest BCUT2D eigenvalue weighted by atomic mass is 16.5. The minimum absolute atomic E-state index is 0.308. The lowest BCUT2D eigenvalue weighted by Gasteiger charge is -2.36. The van der Waals surface area contributed by atoms with Crippen molar-refractivity contribution >= 4 is 5.82 Å². The van der Waals surface area contributed by atoms with E-state index in [0.717, 1.165) is 44.1 Å². The number of hydrogen-bond acceptors (Lipinski definition) is 6. The molecule has 1 aliphatic rings. The van der Waals surface area contributed by atoms with Crippen LogP contribution in [0.2, 0.25) is 0 Å². The van der Waals surface area contributed by atoms with Gasteiger partial charge in [-0.3, -0.25) is 15.0 Å². The van der Waals surface area contributed by atoms with Gasteiger partial charge in [0, 0.05) is 37.5 Å². The van der Waals surface area contributed by atoms with Gasteiger partial charge in [-0.1, -0.05) is 0 Å². The average Bonchev–Trinajstić information content (AvgIpc) is 2.55. The lowest BCUT2D eigenvalue weighted by molar-refractivity contribution is 0.0911. The van der Waals surface area contributed by atoms with Gasteiger partial charge in [0.15, 0.2) is 0 Å². The van der Waals surface area contributed by atoms with Gasteiger partial charge < -0.3 is 9.64 Å². The zero-order valence-electron chi connectivity index (χ0n) is 11.2. The van der Waals surface area contributed by atoms with E-state index in [2.05, 4.69) is 24.8 Å². The molecular weight excluding hydrogens is 254 g/mol. The molecular formula is C14H17N5O. The SMILES string of the molecule is c1cnc(CC[C@H]2COCCN2c2cnccn2)cn1. The number of nitrogens with zero attached hydrogens (tertiary/aromatic N) is 5. The topological polar surface area (TPSA) is 64.0 Å². The van der Waals surface area contributed by atoms with Crippen LogP contribution in [0.15, 0.2) is 37.2 Å². The molecule has 0 saturated carbocycles. The predicted octanol–water partition coefficient (Wildman–Crippen LogP) is 1.10. The fourth-order valence-electron chi connectivity index (χ4n) is 2.41. The summed E-state index contributed by atoms with van der Waals surface area (Å²) in [6.07, 6.45) is 12.3. The molecule has 2 aromatic heterocycles. The maximum Gasteiger partial charge on any atom is 0.147 e. The Kier molecular flexibility index (Phi) is 4.13. The van der Waals surface area contributed by atoms with E-state index in [1.54, 1.807) is 31.0 Å². The molecule has 0 N–H and O–H groups in total. The molecule has 0 aromatic carbocycles. The molecule has 2 aromatic rings. The van der Waals surface area contributed by atoms with Crippen molar-refractivity contribution in [3.05, 3.63) is 42.9 Å². The Labute approximate surface area is 117 Å². The normalized spacial score (nSPS) is 19.0. The molecule has 0 unspecified atom stereocenters. The van der Waals surface area contributed by atoms with Crippen LogP contribution in [0.1, 0.15) is 12.1 Å². The first-order chi connectivity index (χ1) is 9.93. The minimum atomic E-state index is 0.308. The summed E-state index contributed by atoms with van der Waals surface area (Å²) in [4.78, 5) is 19.2. The Hall–Kier alpha value is -2.08. The molecule has 1 fully saturated rings. The van der Waals surface area contributed by atoms with E-state index in [1.165, 1.54) is 0 Å². The maximum absolute atomic E-state index is 5.60. The molecule has 104 valence electrons. The molecule has 1 saturated heterocycles. The van der Waals surface area contributed by atoms with Gasteiger partial charge >= 0.3 is 0 Å². The van der Waals surface area contributed by atoms with Gasteiger partial charge in [-0.25, -0.2) is 4.98 Å². The predicted molar refractivity (Wildman–Crippen MR) is 74.3 cm³/mol. The van der Waals surface area contributed by atoms with Crippen molar-refractivity contribution in [1.29, 1.82) is 0 Å². The zero-order chi connectivity index (χ0) is 13.6. The molecule has 0 spiro atoms. The van der Waals surface area contributed by atoms with Gasteiger partial charge in [-0.2, -0.15) is 0 Å². The van der Waals surface area contributed by atoms with Gasteiger partial charge in [0.25, 0.3) is 0 Å². The van der Waals surface area contributed by atoms with E-state index in [4.69, 9.17) is 4.74 Å². The van der Waals surface area contributed by atoms with Crippen molar-refractivity contribution in [2.75, 3.05) is 24.7 Å². The van der Waals surface area contributed by atoms with E-state index in [0.29, 0.717) is 6.04 Å². The molecule has 3 heterocycles. The standard InChI is InChI=1S/C14H17N5O/c1(12-9-15-3-5-17-12)2-13-11-20-8-7-19(13)14-10-16-4-6-18-14/h3-6,9-10,13H,1-2,7-8,11H2/t13-/m0/s1. The van der Waals surface area contributed by atoms with E-state index in [1.807, 2.05) is 6.20 Å². The number of ether oxygens (including phenoxy) is 1. The summed E-state index contributed by atoms with van der Waals surface area (Å²) in [5, 5.41) is 0. The molecule has 20 heavy (non-hydrogen) atoms. The molecule has 0 radical (unpaired) electrons. The van der Waals surface area contributed by atoms with Gasteiger partial charge in [-0.15, -0.1) is 0 Å². The molecule has 6 heteroatoms. The van der Waals surface area contributed by atoms with Crippen molar-refractivity contribution in [2.24, 2.45) is 0 Å². The van der Waals surface area contributed by atoms with Crippen LogP contribution in [0.25, 0.3) is 0 Å². The molecule has 0 amide bonds. The quantitative estimate of drug-likeness (QED) is 0.830. The Morgan fingerprint density at radius 2 is 1.95 bits per heavy atom. The van der Waals surface area contributed by atoms with Crippen LogP contribution >= 0.6 is 0 Å². The Bertz CT molecular complexity index is 522. The number of aromatic nitrogens is 4. The first-order valence-electron chi connectivity index (χ1n) is 6.79. The molecule has 0 aliphatic carbocycles. The number of morpholine rings is 1. The monoisotopic (exact) mass is 271 g/mol. The summed E-state index contributed by atoms with van der Waals surface area (Å²) in [7, 11) is 0. The Balaban J connectivity index is 1.67. The number of anilines is 1. The van der Waals surface area contributed by atoms with Crippen LogP contribution in [0.3, 0.4) is 0 Å². The van der Waals surface area contributed by atoms with Crippen molar-refractivity contribution < 1.29 is 4.74 Å². The minimum Gasteiger partial charge on any atom is -0.377 e. The average molecular weight is 271 g/mol. The van der Waals surface area contributed by atoms with Crippen LogP contribution < -0.4 is 4.90 Å². The van der Waals surface area contributed by atoms with Crippen molar-refractivity contribution in [3.8, 4) is 0 Å². The lowest BCUT2D eigenvalue weighted by atomic mass is 10.1. The van der Waals surface area contributed by atoms with Gasteiger partial charge in [-0.05, 0) is 12.8 Å². The van der Waals surface area contributed by atoms with Crippen molar-refractivity contribution in [1.82, 2.24) is 19.9 Å². The Morgan fingerprint density at radius 3 is 2.70 bits per heavy atom. The largest absolute Gasteiger partial charge is 0.377 e. The zero-order valence-corrected chi connectivity index (χ0v) is 11.2. The van der Waals surface area contributed by atoms with Crippen LogP contribution in [0, 0.1) is 0 Å². The second-order valence-corrected chi connectivity index (χ2v) is 4.72. The summed E-state index contributed by atoms with van der Waals surface area (Å²) in [5.41, 5.74) is 1.01. The van der Waals surface area contributed by atoms with Crippen molar-refractivity contribution in [2.45, 2.75) is 18.9 Å². The summed E-state index contributed by atoms with van der Waals surface area (Å²) < 4.78 is 5.60. The Morgan fingerprint density at radius 1 is 1.10 bits per heavy atom.